The maximum atomic E-state index is 12.8. The van der Waals surface area contributed by atoms with E-state index >= 15 is 0 Å². The van der Waals surface area contributed by atoms with Gasteiger partial charge in [0.25, 0.3) is 0 Å². The number of rotatable bonds is 4. The monoisotopic (exact) mass is 437 g/mol. The number of nitrogens with zero attached hydrogens (tertiary/aromatic N) is 5. The quantitative estimate of drug-likeness (QED) is 0.733. The van der Waals surface area contributed by atoms with Gasteiger partial charge in [-0.3, -0.25) is 9.69 Å². The van der Waals surface area contributed by atoms with E-state index in [1.807, 2.05) is 48.5 Å². The number of anilines is 1. The first-order valence-corrected chi connectivity index (χ1v) is 11.9. The van der Waals surface area contributed by atoms with E-state index in [1.165, 1.54) is 12.8 Å². The van der Waals surface area contributed by atoms with Crippen molar-refractivity contribution in [2.45, 2.75) is 39.7 Å². The van der Waals surface area contributed by atoms with Gasteiger partial charge >= 0.3 is 0 Å². The summed E-state index contributed by atoms with van der Waals surface area (Å²) in [5.41, 5.74) is 2.05. The van der Waals surface area contributed by atoms with Gasteiger partial charge < -0.3 is 14.5 Å². The molecule has 7 nitrogen and oxygen atoms in total. The average molecular weight is 438 g/mol. The first-order chi connectivity index (χ1) is 15.6. The molecule has 0 spiro atoms. The molecule has 0 aliphatic carbocycles. The molecule has 1 aromatic heterocycles. The third kappa shape index (κ3) is 5.76. The molecule has 3 heterocycles. The van der Waals surface area contributed by atoms with Crippen molar-refractivity contribution in [1.29, 1.82) is 0 Å². The topological polar surface area (TPSA) is 61.8 Å². The van der Waals surface area contributed by atoms with Crippen LogP contribution in [-0.2, 0) is 17.8 Å². The van der Waals surface area contributed by atoms with E-state index in [1.54, 1.807) is 0 Å². The Hall–Kier alpha value is -2.67. The van der Waals surface area contributed by atoms with Gasteiger partial charge in [0.2, 0.25) is 11.9 Å². The van der Waals surface area contributed by atoms with Gasteiger partial charge in [-0.15, -0.1) is 0 Å². The predicted molar refractivity (Wildman–Crippen MR) is 126 cm³/mol. The summed E-state index contributed by atoms with van der Waals surface area (Å²) in [4.78, 5) is 28.7. The molecule has 0 unspecified atom stereocenters. The summed E-state index contributed by atoms with van der Waals surface area (Å²) in [5, 5.41) is 0. The molecule has 0 saturated carbocycles. The van der Waals surface area contributed by atoms with Gasteiger partial charge in [0.15, 0.2) is 0 Å². The zero-order valence-corrected chi connectivity index (χ0v) is 19.4. The molecule has 172 valence electrons. The van der Waals surface area contributed by atoms with Crippen LogP contribution in [0.1, 0.15) is 37.8 Å². The van der Waals surface area contributed by atoms with Crippen LogP contribution in [0.15, 0.2) is 36.7 Å². The van der Waals surface area contributed by atoms with Crippen LogP contribution in [0.4, 0.5) is 5.95 Å². The largest absolute Gasteiger partial charge is 0.492 e. The standard InChI is InChI=1S/C25H35N5O2/c1-3-29-13-12-28(14-15-32-23-7-5-4-6-22(23)16-24(29)31)19-21-17-26-25(27-18-21)30-10-8-20(2)9-11-30/h4-7,17-18,20H,3,8-16,19H2,1-2H3. The Bertz CT molecular complexity index is 880. The third-order valence-electron chi connectivity index (χ3n) is 6.56. The fraction of sp³-hybridized carbons (Fsp3) is 0.560. The van der Waals surface area contributed by atoms with E-state index in [0.717, 1.165) is 61.5 Å². The van der Waals surface area contributed by atoms with E-state index in [0.29, 0.717) is 26.1 Å². The number of carbonyl (C=O) groups excluding carboxylic acids is 1. The highest BCUT2D eigenvalue weighted by atomic mass is 16.5. The minimum Gasteiger partial charge on any atom is -0.492 e. The summed E-state index contributed by atoms with van der Waals surface area (Å²) < 4.78 is 6.06. The van der Waals surface area contributed by atoms with Crippen LogP contribution in [0.2, 0.25) is 0 Å². The number of hydrogen-bond acceptors (Lipinski definition) is 6. The Labute approximate surface area is 191 Å². The molecule has 2 aliphatic rings. The van der Waals surface area contributed by atoms with Crippen LogP contribution in [0, 0.1) is 5.92 Å². The van der Waals surface area contributed by atoms with Crippen LogP contribution in [-0.4, -0.2) is 71.6 Å². The predicted octanol–water partition coefficient (Wildman–Crippen LogP) is 3.00. The lowest BCUT2D eigenvalue weighted by Gasteiger charge is -2.30. The first-order valence-electron chi connectivity index (χ1n) is 11.9. The van der Waals surface area contributed by atoms with Gasteiger partial charge in [0.05, 0.1) is 6.42 Å². The fourth-order valence-corrected chi connectivity index (χ4v) is 4.40. The first kappa shape index (κ1) is 22.5. The van der Waals surface area contributed by atoms with Crippen molar-refractivity contribution < 1.29 is 9.53 Å². The molecule has 0 bridgehead atoms. The highest BCUT2D eigenvalue weighted by molar-refractivity contribution is 5.79. The zero-order chi connectivity index (χ0) is 22.3. The Morgan fingerprint density at radius 3 is 2.53 bits per heavy atom. The van der Waals surface area contributed by atoms with Crippen LogP contribution in [0.3, 0.4) is 0 Å². The van der Waals surface area contributed by atoms with E-state index in [9.17, 15) is 4.79 Å². The summed E-state index contributed by atoms with van der Waals surface area (Å²) in [5.74, 6) is 2.58. The Kier molecular flexibility index (Phi) is 7.58. The lowest BCUT2D eigenvalue weighted by Crippen LogP contribution is -2.39. The normalized spacial score (nSPS) is 19.2. The Morgan fingerprint density at radius 2 is 1.78 bits per heavy atom. The second kappa shape index (κ2) is 10.8. The lowest BCUT2D eigenvalue weighted by atomic mass is 10.00. The van der Waals surface area contributed by atoms with Crippen LogP contribution in [0.5, 0.6) is 5.75 Å². The van der Waals surface area contributed by atoms with Crippen LogP contribution < -0.4 is 9.64 Å². The van der Waals surface area contributed by atoms with Crippen molar-refractivity contribution in [2.75, 3.05) is 50.8 Å². The summed E-state index contributed by atoms with van der Waals surface area (Å²) in [6.07, 6.45) is 6.69. The van der Waals surface area contributed by atoms with E-state index in [4.69, 9.17) is 4.74 Å². The number of benzene rings is 1. The number of likely N-dealkylation sites (N-methyl/N-ethyl adjacent to an activating group) is 1. The average Bonchev–Trinajstić information content (AvgIpc) is 2.83. The van der Waals surface area contributed by atoms with Crippen molar-refractivity contribution >= 4 is 11.9 Å². The minimum absolute atomic E-state index is 0.147. The smallest absolute Gasteiger partial charge is 0.227 e. The third-order valence-corrected chi connectivity index (χ3v) is 6.56. The number of piperidine rings is 1. The summed E-state index contributed by atoms with van der Waals surface area (Å²) in [6.45, 7) is 10.8. The molecule has 1 aromatic carbocycles. The Morgan fingerprint density at radius 1 is 1.03 bits per heavy atom. The molecule has 0 atom stereocenters. The Balaban J connectivity index is 1.42. The van der Waals surface area contributed by atoms with E-state index in [-0.39, 0.29) is 5.91 Å². The summed E-state index contributed by atoms with van der Waals surface area (Å²) >= 11 is 0. The number of aromatic nitrogens is 2. The molecule has 0 N–H and O–H groups in total. The molecule has 2 aromatic rings. The van der Waals surface area contributed by atoms with Gasteiger partial charge in [0, 0.05) is 69.3 Å². The molecule has 7 heteroatoms. The highest BCUT2D eigenvalue weighted by Crippen LogP contribution is 2.21. The number of carbonyl (C=O) groups is 1. The zero-order valence-electron chi connectivity index (χ0n) is 19.4. The molecule has 1 fully saturated rings. The molecule has 0 radical (unpaired) electrons. The maximum absolute atomic E-state index is 12.8. The summed E-state index contributed by atoms with van der Waals surface area (Å²) in [7, 11) is 0. The van der Waals surface area contributed by atoms with Crippen LogP contribution >= 0.6 is 0 Å². The number of ether oxygens (including phenoxy) is 1. The molecular weight excluding hydrogens is 402 g/mol. The number of hydrogen-bond donors (Lipinski definition) is 0. The fourth-order valence-electron chi connectivity index (χ4n) is 4.40. The van der Waals surface area contributed by atoms with Gasteiger partial charge in [-0.2, -0.15) is 0 Å². The van der Waals surface area contributed by atoms with E-state index in [2.05, 4.69) is 26.7 Å². The van der Waals surface area contributed by atoms with Gasteiger partial charge in [0.1, 0.15) is 12.4 Å². The molecular formula is C25H35N5O2. The summed E-state index contributed by atoms with van der Waals surface area (Å²) in [6, 6.07) is 7.86. The van der Waals surface area contributed by atoms with Crippen molar-refractivity contribution in [3.63, 3.8) is 0 Å². The van der Waals surface area contributed by atoms with Crippen LogP contribution in [0.25, 0.3) is 0 Å². The minimum atomic E-state index is 0.147. The number of fused-ring (bicyclic) bond motifs is 1. The van der Waals surface area contributed by atoms with Crippen molar-refractivity contribution in [1.82, 2.24) is 19.8 Å². The maximum Gasteiger partial charge on any atom is 0.227 e. The molecule has 2 aliphatic heterocycles. The number of para-hydroxylation sites is 1. The van der Waals surface area contributed by atoms with E-state index < -0.39 is 0 Å². The molecule has 1 saturated heterocycles. The molecule has 4 rings (SSSR count). The SMILES string of the molecule is CCN1CCN(Cc2cnc(N3CCC(C)CC3)nc2)CCOc2ccccc2CC1=O. The second-order valence-corrected chi connectivity index (χ2v) is 8.94. The van der Waals surface area contributed by atoms with Gasteiger partial charge in [-0.25, -0.2) is 9.97 Å². The second-order valence-electron chi connectivity index (χ2n) is 8.94. The lowest BCUT2D eigenvalue weighted by molar-refractivity contribution is -0.130. The van der Waals surface area contributed by atoms with Gasteiger partial charge in [-0.1, -0.05) is 25.1 Å². The van der Waals surface area contributed by atoms with Crippen molar-refractivity contribution in [3.05, 3.63) is 47.8 Å². The molecule has 32 heavy (non-hydrogen) atoms. The van der Waals surface area contributed by atoms with Crippen molar-refractivity contribution in [3.8, 4) is 5.75 Å². The highest BCUT2D eigenvalue weighted by Gasteiger charge is 2.20. The number of amides is 1. The van der Waals surface area contributed by atoms with Gasteiger partial charge in [-0.05, 0) is 31.7 Å². The molecule has 1 amide bonds. The van der Waals surface area contributed by atoms with Crippen molar-refractivity contribution in [2.24, 2.45) is 5.92 Å².